The summed E-state index contributed by atoms with van der Waals surface area (Å²) in [4.78, 5) is 36.6. The van der Waals surface area contributed by atoms with Gasteiger partial charge in [0.05, 0.1) is 58.9 Å². The number of nitrogens with zero attached hydrogens (tertiary/aromatic N) is 5. The number of methoxy groups -OCH3 is 2. The number of rotatable bonds is 17. The highest BCUT2D eigenvalue weighted by atomic mass is 31.1. The molecule has 16 heteroatoms. The molecule has 0 amide bonds. The SMILES string of the molecule is CC[N+](CC)(CC)CC.COc1ccc(C(OC[C@H]2O[C@@H](n3cnc4c(OC(=O)c5ccccc5)nc(F)nc43)C[C@@H]2O[P+](=O)[O-])(c2ccccc2)c2ccc(OC)cc2)cc1. The number of ether oxygens (including phenoxy) is 5. The predicted octanol–water partition coefficient (Wildman–Crippen LogP) is 7.78. The van der Waals surface area contributed by atoms with Crippen molar-refractivity contribution >= 4 is 25.4 Å². The molecule has 62 heavy (non-hydrogen) atoms. The van der Waals surface area contributed by atoms with Crippen molar-refractivity contribution in [1.82, 2.24) is 19.5 Å². The quantitative estimate of drug-likeness (QED) is 0.0289. The number of hydrogen-bond acceptors (Lipinski definition) is 12. The normalized spacial score (nSPS) is 16.6. The first-order valence-corrected chi connectivity index (χ1v) is 21.6. The summed E-state index contributed by atoms with van der Waals surface area (Å²) in [6.45, 7) is 14.1. The molecule has 14 nitrogen and oxygen atoms in total. The van der Waals surface area contributed by atoms with Crippen molar-refractivity contribution in [3.05, 3.63) is 144 Å². The summed E-state index contributed by atoms with van der Waals surface area (Å²) in [6, 6.07) is 32.6. The Kier molecular flexibility index (Phi) is 15.5. The summed E-state index contributed by atoms with van der Waals surface area (Å²) >= 11 is 0. The third kappa shape index (κ3) is 10.2. The summed E-state index contributed by atoms with van der Waals surface area (Å²) in [5.41, 5.74) is 1.23. The van der Waals surface area contributed by atoms with Crippen molar-refractivity contribution in [2.75, 3.05) is 47.0 Å². The average Bonchev–Trinajstić information content (AvgIpc) is 3.92. The van der Waals surface area contributed by atoms with Gasteiger partial charge in [-0.15, -0.1) is 4.52 Å². The van der Waals surface area contributed by atoms with Crippen molar-refractivity contribution in [3.8, 4) is 17.4 Å². The van der Waals surface area contributed by atoms with Gasteiger partial charge in [0.15, 0.2) is 11.2 Å². The zero-order chi connectivity index (χ0) is 44.3. The van der Waals surface area contributed by atoms with E-state index in [0.29, 0.717) is 11.5 Å². The van der Waals surface area contributed by atoms with E-state index in [-0.39, 0.29) is 35.6 Å². The number of imidazole rings is 1. The minimum absolute atomic E-state index is 0.00301. The van der Waals surface area contributed by atoms with Crippen LogP contribution in [0.2, 0.25) is 0 Å². The van der Waals surface area contributed by atoms with Crippen molar-refractivity contribution in [2.24, 2.45) is 0 Å². The average molecular weight is 869 g/mol. The number of quaternary nitrogens is 1. The monoisotopic (exact) mass is 868 g/mol. The molecule has 326 valence electrons. The summed E-state index contributed by atoms with van der Waals surface area (Å²) in [7, 11) is -0.145. The fraction of sp³-hybridized carbons (Fsp3) is 0.348. The fourth-order valence-corrected chi connectivity index (χ4v) is 8.18. The summed E-state index contributed by atoms with van der Waals surface area (Å²) in [5.74, 6) is 0.133. The van der Waals surface area contributed by atoms with Gasteiger partial charge in [-0.05, 0) is 85.3 Å². The minimum atomic E-state index is -3.30. The molecule has 1 unspecified atom stereocenters. The second-order valence-corrected chi connectivity index (χ2v) is 15.2. The number of hydrogen-bond donors (Lipinski definition) is 0. The van der Waals surface area contributed by atoms with E-state index in [2.05, 4.69) is 42.6 Å². The number of aromatic nitrogens is 4. The maximum absolute atomic E-state index is 14.8. The highest BCUT2D eigenvalue weighted by Crippen LogP contribution is 2.44. The molecule has 0 spiro atoms. The van der Waals surface area contributed by atoms with E-state index in [1.807, 2.05) is 78.9 Å². The maximum Gasteiger partial charge on any atom is 0.488 e. The third-order valence-electron chi connectivity index (χ3n) is 11.6. The van der Waals surface area contributed by atoms with Crippen molar-refractivity contribution in [2.45, 2.75) is 58.2 Å². The van der Waals surface area contributed by atoms with Gasteiger partial charge < -0.3 is 33.1 Å². The third-order valence-corrected chi connectivity index (χ3v) is 12.0. The van der Waals surface area contributed by atoms with Crippen molar-refractivity contribution < 1.29 is 51.3 Å². The van der Waals surface area contributed by atoms with Crippen LogP contribution in [0.1, 0.15) is 67.4 Å². The van der Waals surface area contributed by atoms with E-state index in [1.165, 1.54) is 41.6 Å². The van der Waals surface area contributed by atoms with Gasteiger partial charge in [0, 0.05) is 6.42 Å². The molecule has 3 heterocycles. The Hall–Kier alpha value is -5.67. The lowest BCUT2D eigenvalue weighted by atomic mass is 9.80. The first-order valence-electron chi connectivity index (χ1n) is 20.5. The lowest BCUT2D eigenvalue weighted by Crippen LogP contribution is -2.47. The van der Waals surface area contributed by atoms with Gasteiger partial charge in [-0.1, -0.05) is 72.8 Å². The van der Waals surface area contributed by atoms with Gasteiger partial charge in [-0.3, -0.25) is 4.57 Å². The van der Waals surface area contributed by atoms with Gasteiger partial charge in [0.2, 0.25) is 0 Å². The van der Waals surface area contributed by atoms with E-state index in [9.17, 15) is 18.6 Å². The molecule has 4 atom stereocenters. The molecule has 6 aromatic rings. The molecule has 4 aromatic carbocycles. The van der Waals surface area contributed by atoms with Gasteiger partial charge in [0.25, 0.3) is 5.88 Å². The molecule has 0 saturated carbocycles. The number of benzene rings is 4. The van der Waals surface area contributed by atoms with E-state index in [0.717, 1.165) is 16.7 Å². The van der Waals surface area contributed by atoms with Crippen LogP contribution < -0.4 is 19.1 Å². The molecule has 1 aliphatic heterocycles. The fourth-order valence-electron chi connectivity index (χ4n) is 7.73. The molecule has 0 N–H and O–H groups in total. The Labute approximate surface area is 361 Å². The van der Waals surface area contributed by atoms with Crippen LogP contribution in [-0.4, -0.2) is 89.2 Å². The van der Waals surface area contributed by atoms with Gasteiger partial charge in [0.1, 0.15) is 35.5 Å². The number of fused-ring (bicyclic) bond motifs is 1. The Morgan fingerprint density at radius 3 is 1.85 bits per heavy atom. The zero-order valence-corrected chi connectivity index (χ0v) is 36.6. The summed E-state index contributed by atoms with van der Waals surface area (Å²) in [6.07, 6.45) is -2.75. The number of carbonyl (C=O) groups excluding carboxylic acids is 1. The van der Waals surface area contributed by atoms with Crippen LogP contribution in [0.25, 0.3) is 11.2 Å². The smallest absolute Gasteiger partial charge is 0.488 e. The standard InChI is InChI=1S/C38H32FN4O9P.C8H20N/c1-47-28-17-13-26(14-18-28)38(25-11-7-4-8-12-25,27-15-19-29(48-2)20-16-27)49-22-31-30(52-53(45)46)21-32(50-31)43-23-40-33-34(43)41-37(39)42-35(33)51-36(44)24-9-5-3-6-10-24;1-5-9(6-2,7-3)8-4/h3-20,23,30-32H,21-22H2,1-2H3;5-8H2,1-4H3/q;+1/t30-,31+,32+;/m0./s1. The van der Waals surface area contributed by atoms with Crippen molar-refractivity contribution in [3.63, 3.8) is 0 Å². The van der Waals surface area contributed by atoms with Crippen LogP contribution in [0.3, 0.4) is 0 Å². The first kappa shape index (κ1) is 45.8. The van der Waals surface area contributed by atoms with E-state index in [4.69, 9.17) is 28.2 Å². The largest absolute Gasteiger partial charge is 0.566 e. The van der Waals surface area contributed by atoms with Gasteiger partial charge in [-0.2, -0.15) is 14.4 Å². The van der Waals surface area contributed by atoms with Crippen LogP contribution >= 0.6 is 8.25 Å². The van der Waals surface area contributed by atoms with Crippen LogP contribution in [-0.2, 0) is 24.2 Å². The predicted molar refractivity (Wildman–Crippen MR) is 228 cm³/mol. The first-order chi connectivity index (χ1) is 30.0. The van der Waals surface area contributed by atoms with Gasteiger partial charge >= 0.3 is 20.3 Å². The molecule has 0 bridgehead atoms. The van der Waals surface area contributed by atoms with Gasteiger partial charge in [-0.25, -0.2) is 9.78 Å². The lowest BCUT2D eigenvalue weighted by Gasteiger charge is -2.37. The molecule has 0 aliphatic carbocycles. The molecular weight excluding hydrogens is 817 g/mol. The Bertz CT molecular complexity index is 2320. The minimum Gasteiger partial charge on any atom is -0.566 e. The highest BCUT2D eigenvalue weighted by molar-refractivity contribution is 7.30. The number of halogens is 1. The van der Waals surface area contributed by atoms with Crippen LogP contribution in [0, 0.1) is 6.08 Å². The molecule has 2 aromatic heterocycles. The van der Waals surface area contributed by atoms with Crippen molar-refractivity contribution in [1.29, 1.82) is 0 Å². The molecule has 0 radical (unpaired) electrons. The Morgan fingerprint density at radius 2 is 1.35 bits per heavy atom. The number of esters is 1. The Morgan fingerprint density at radius 1 is 0.823 bits per heavy atom. The highest BCUT2D eigenvalue weighted by Gasteiger charge is 2.45. The summed E-state index contributed by atoms with van der Waals surface area (Å²) < 4.78 is 64.5. The molecule has 1 saturated heterocycles. The molecule has 1 fully saturated rings. The van der Waals surface area contributed by atoms with Crippen LogP contribution in [0.15, 0.2) is 116 Å². The van der Waals surface area contributed by atoms with Crippen LogP contribution in [0.5, 0.6) is 17.4 Å². The molecule has 7 rings (SSSR count). The second-order valence-electron chi connectivity index (χ2n) is 14.5. The van der Waals surface area contributed by atoms with E-state index < -0.39 is 44.3 Å². The molecular formula is C46H52FN5O9P+. The zero-order valence-electron chi connectivity index (χ0n) is 35.7. The topological polar surface area (TPSA) is 156 Å². The lowest BCUT2D eigenvalue weighted by molar-refractivity contribution is -0.921. The summed E-state index contributed by atoms with van der Waals surface area (Å²) in [5, 5.41) is 0. The Balaban J connectivity index is 0.000000642. The molecule has 1 aliphatic rings. The van der Waals surface area contributed by atoms with Crippen LogP contribution in [0.4, 0.5) is 4.39 Å². The second kappa shape index (κ2) is 20.9. The maximum atomic E-state index is 14.8. The number of carbonyl (C=O) groups is 1. The van der Waals surface area contributed by atoms with E-state index in [1.54, 1.807) is 44.6 Å². The van der Waals surface area contributed by atoms with E-state index >= 15 is 0 Å².